The molecule has 2 aromatic heterocycles. The van der Waals surface area contributed by atoms with Crippen molar-refractivity contribution >= 4 is 28.2 Å². The number of imidazole rings is 1. The van der Waals surface area contributed by atoms with E-state index in [1.165, 1.54) is 0 Å². The minimum atomic E-state index is -0.0572. The van der Waals surface area contributed by atoms with Gasteiger partial charge in [-0.15, -0.1) is 0 Å². The average Bonchev–Trinajstić information content (AvgIpc) is 2.77. The van der Waals surface area contributed by atoms with Gasteiger partial charge in [-0.1, -0.05) is 30.3 Å². The predicted molar refractivity (Wildman–Crippen MR) is 77.7 cm³/mol. The van der Waals surface area contributed by atoms with E-state index in [0.717, 1.165) is 9.26 Å². The molecule has 5 heteroatoms. The second kappa shape index (κ2) is 4.56. The summed E-state index contributed by atoms with van der Waals surface area (Å²) < 4.78 is 4.13. The van der Waals surface area contributed by atoms with Crippen LogP contribution in [0.3, 0.4) is 0 Å². The molecule has 3 aromatic rings. The lowest BCUT2D eigenvalue weighted by Crippen LogP contribution is -2.27. The van der Waals surface area contributed by atoms with E-state index in [2.05, 4.69) is 27.6 Å². The van der Waals surface area contributed by atoms with E-state index in [1.54, 1.807) is 21.4 Å². The average molecular weight is 351 g/mol. The van der Waals surface area contributed by atoms with Gasteiger partial charge >= 0.3 is 5.69 Å². The van der Waals surface area contributed by atoms with Gasteiger partial charge in [0, 0.05) is 6.20 Å². The summed E-state index contributed by atoms with van der Waals surface area (Å²) in [6.07, 6.45) is 3.48. The molecule has 2 heterocycles. The van der Waals surface area contributed by atoms with Gasteiger partial charge in [-0.05, 0) is 34.2 Å². The van der Waals surface area contributed by atoms with Gasteiger partial charge in [-0.3, -0.25) is 4.57 Å². The first-order chi connectivity index (χ1) is 8.75. The summed E-state index contributed by atoms with van der Waals surface area (Å²) in [5.74, 6) is 0. The maximum absolute atomic E-state index is 12.3. The molecule has 4 nitrogen and oxygen atoms in total. The Kier molecular flexibility index (Phi) is 2.91. The first-order valence-corrected chi connectivity index (χ1v) is 6.60. The van der Waals surface area contributed by atoms with Crippen molar-refractivity contribution in [2.45, 2.75) is 6.54 Å². The minimum absolute atomic E-state index is 0.0572. The highest BCUT2D eigenvalue weighted by Crippen LogP contribution is 2.06. The number of benzene rings is 1. The molecule has 0 fully saturated rings. The van der Waals surface area contributed by atoms with Crippen LogP contribution in [0.25, 0.3) is 5.65 Å². The molecular weight excluding hydrogens is 341 g/mol. The Morgan fingerprint density at radius 1 is 1.17 bits per heavy atom. The van der Waals surface area contributed by atoms with Crippen molar-refractivity contribution < 1.29 is 0 Å². The monoisotopic (exact) mass is 351 g/mol. The summed E-state index contributed by atoms with van der Waals surface area (Å²) in [6, 6.07) is 11.8. The molecule has 0 aliphatic rings. The first-order valence-electron chi connectivity index (χ1n) is 5.52. The highest BCUT2D eigenvalue weighted by atomic mass is 127. The molecule has 90 valence electrons. The standard InChI is InChI=1S/C13H10IN3O/c14-11-8-15-12-6-7-16(13(18)17(11)12)9-10-4-2-1-3-5-10/h1-8H,9H2. The van der Waals surface area contributed by atoms with Crippen LogP contribution in [-0.2, 0) is 6.54 Å². The van der Waals surface area contributed by atoms with Crippen molar-refractivity contribution in [1.82, 2.24) is 14.0 Å². The lowest BCUT2D eigenvalue weighted by atomic mass is 10.2. The molecule has 0 saturated heterocycles. The Morgan fingerprint density at radius 2 is 1.94 bits per heavy atom. The van der Waals surface area contributed by atoms with Crippen molar-refractivity contribution in [1.29, 1.82) is 0 Å². The fourth-order valence-corrected chi connectivity index (χ4v) is 2.49. The number of hydrogen-bond donors (Lipinski definition) is 0. The Bertz CT molecular complexity index is 746. The van der Waals surface area contributed by atoms with Crippen LogP contribution >= 0.6 is 22.6 Å². The molecule has 0 aliphatic heterocycles. The van der Waals surface area contributed by atoms with Crippen molar-refractivity contribution in [2.75, 3.05) is 0 Å². The normalized spacial score (nSPS) is 10.9. The molecule has 0 atom stereocenters. The Hall–Kier alpha value is -1.63. The number of rotatable bonds is 2. The molecule has 3 rings (SSSR count). The van der Waals surface area contributed by atoms with Crippen molar-refractivity contribution in [3.63, 3.8) is 0 Å². The van der Waals surface area contributed by atoms with Crippen LogP contribution in [0.4, 0.5) is 0 Å². The van der Waals surface area contributed by atoms with Crippen LogP contribution in [0.15, 0.2) is 53.6 Å². The van der Waals surface area contributed by atoms with E-state index in [-0.39, 0.29) is 5.69 Å². The van der Waals surface area contributed by atoms with Gasteiger partial charge in [0.2, 0.25) is 0 Å². The first kappa shape index (κ1) is 11.5. The smallest absolute Gasteiger partial charge is 0.296 e. The SMILES string of the molecule is O=c1n(Cc2ccccc2)ccc2ncc(I)n12. The molecule has 0 saturated carbocycles. The third kappa shape index (κ3) is 1.94. The third-order valence-electron chi connectivity index (χ3n) is 2.78. The zero-order valence-electron chi connectivity index (χ0n) is 9.45. The molecular formula is C13H10IN3O. The number of hydrogen-bond acceptors (Lipinski definition) is 2. The highest BCUT2D eigenvalue weighted by molar-refractivity contribution is 14.1. The van der Waals surface area contributed by atoms with E-state index in [0.29, 0.717) is 12.2 Å². The molecule has 18 heavy (non-hydrogen) atoms. The highest BCUT2D eigenvalue weighted by Gasteiger charge is 2.06. The summed E-state index contributed by atoms with van der Waals surface area (Å²) in [6.45, 7) is 0.573. The number of nitrogens with zero attached hydrogens (tertiary/aromatic N) is 3. The molecule has 0 aliphatic carbocycles. The maximum atomic E-state index is 12.3. The number of aromatic nitrogens is 3. The Balaban J connectivity index is 2.11. The third-order valence-corrected chi connectivity index (χ3v) is 3.54. The van der Waals surface area contributed by atoms with Crippen LogP contribution in [0.1, 0.15) is 5.56 Å². The van der Waals surface area contributed by atoms with Gasteiger partial charge in [-0.2, -0.15) is 0 Å². The molecule has 0 spiro atoms. The van der Waals surface area contributed by atoms with E-state index < -0.39 is 0 Å². The van der Waals surface area contributed by atoms with E-state index in [9.17, 15) is 4.79 Å². The number of fused-ring (bicyclic) bond motifs is 1. The van der Waals surface area contributed by atoms with Crippen LogP contribution in [0.5, 0.6) is 0 Å². The quantitative estimate of drug-likeness (QED) is 0.664. The molecule has 0 bridgehead atoms. The summed E-state index contributed by atoms with van der Waals surface area (Å²) in [5.41, 5.74) is 1.74. The Labute approximate surface area is 117 Å². The fraction of sp³-hybridized carbons (Fsp3) is 0.0769. The summed E-state index contributed by atoms with van der Waals surface area (Å²) >= 11 is 2.11. The van der Waals surface area contributed by atoms with Crippen LogP contribution < -0.4 is 5.69 Å². The topological polar surface area (TPSA) is 39.3 Å². The zero-order valence-corrected chi connectivity index (χ0v) is 11.6. The lowest BCUT2D eigenvalue weighted by molar-refractivity contribution is 0.711. The van der Waals surface area contributed by atoms with Crippen molar-refractivity contribution in [3.8, 4) is 0 Å². The van der Waals surface area contributed by atoms with Gasteiger partial charge in [-0.25, -0.2) is 14.2 Å². The second-order valence-corrected chi connectivity index (χ2v) is 5.09. The minimum Gasteiger partial charge on any atom is -0.296 e. The van der Waals surface area contributed by atoms with E-state index in [4.69, 9.17) is 0 Å². The molecule has 0 radical (unpaired) electrons. The summed E-state index contributed by atoms with van der Waals surface area (Å²) in [7, 11) is 0. The summed E-state index contributed by atoms with van der Waals surface area (Å²) in [4.78, 5) is 16.5. The van der Waals surface area contributed by atoms with Gasteiger partial charge in [0.05, 0.1) is 12.7 Å². The molecule has 0 amide bonds. The second-order valence-electron chi connectivity index (χ2n) is 3.99. The fourth-order valence-electron chi connectivity index (χ4n) is 1.90. The Morgan fingerprint density at radius 3 is 2.72 bits per heavy atom. The van der Waals surface area contributed by atoms with Gasteiger partial charge < -0.3 is 0 Å². The molecule has 0 N–H and O–H groups in total. The van der Waals surface area contributed by atoms with Gasteiger partial charge in [0.1, 0.15) is 9.35 Å². The van der Waals surface area contributed by atoms with Crippen molar-refractivity contribution in [3.05, 3.63) is 68.5 Å². The molecule has 0 unspecified atom stereocenters. The zero-order chi connectivity index (χ0) is 12.5. The summed E-state index contributed by atoms with van der Waals surface area (Å²) in [5, 5.41) is 0. The maximum Gasteiger partial charge on any atom is 0.335 e. The van der Waals surface area contributed by atoms with Gasteiger partial charge in [0.15, 0.2) is 0 Å². The lowest BCUT2D eigenvalue weighted by Gasteiger charge is -2.06. The van der Waals surface area contributed by atoms with E-state index >= 15 is 0 Å². The van der Waals surface area contributed by atoms with Gasteiger partial charge in [0.25, 0.3) is 0 Å². The van der Waals surface area contributed by atoms with Crippen LogP contribution in [-0.4, -0.2) is 14.0 Å². The largest absolute Gasteiger partial charge is 0.335 e. The van der Waals surface area contributed by atoms with Crippen molar-refractivity contribution in [2.24, 2.45) is 0 Å². The number of halogens is 1. The van der Waals surface area contributed by atoms with Crippen LogP contribution in [0.2, 0.25) is 0 Å². The predicted octanol–water partition coefficient (Wildman–Crippen LogP) is 2.15. The van der Waals surface area contributed by atoms with E-state index in [1.807, 2.05) is 36.4 Å². The van der Waals surface area contributed by atoms with Crippen LogP contribution in [0, 0.1) is 3.70 Å². The molecule has 1 aromatic carbocycles.